The first-order chi connectivity index (χ1) is 11.5. The lowest BCUT2D eigenvalue weighted by Gasteiger charge is -2.15. The standard InChI is InChI=1S/C19H22N2O3/c1-4-20-19(23)15-8-10-16(11-9-15)21-18(22)14(3)24-17-7-5-6-13(2)12-17/h5-12,14H,4H2,1-3H3,(H,20,23)(H,21,22). The van der Waals surface area contributed by atoms with Gasteiger partial charge in [0.2, 0.25) is 0 Å². The van der Waals surface area contributed by atoms with Crippen LogP contribution in [-0.4, -0.2) is 24.5 Å². The van der Waals surface area contributed by atoms with E-state index in [4.69, 9.17) is 4.74 Å². The molecule has 0 spiro atoms. The quantitative estimate of drug-likeness (QED) is 0.857. The molecule has 0 aliphatic carbocycles. The van der Waals surface area contributed by atoms with Crippen molar-refractivity contribution in [2.75, 3.05) is 11.9 Å². The Morgan fingerprint density at radius 2 is 1.83 bits per heavy atom. The van der Waals surface area contributed by atoms with Crippen molar-refractivity contribution in [1.29, 1.82) is 0 Å². The smallest absolute Gasteiger partial charge is 0.265 e. The summed E-state index contributed by atoms with van der Waals surface area (Å²) in [5, 5.41) is 5.50. The van der Waals surface area contributed by atoms with Crippen LogP contribution in [-0.2, 0) is 4.79 Å². The number of hydrogen-bond acceptors (Lipinski definition) is 3. The molecule has 0 fully saturated rings. The average molecular weight is 326 g/mol. The molecule has 0 aliphatic heterocycles. The maximum Gasteiger partial charge on any atom is 0.265 e. The number of hydrogen-bond donors (Lipinski definition) is 2. The number of amides is 2. The van der Waals surface area contributed by atoms with Crippen molar-refractivity contribution >= 4 is 17.5 Å². The Morgan fingerprint density at radius 1 is 1.12 bits per heavy atom. The fourth-order valence-electron chi connectivity index (χ4n) is 2.16. The number of anilines is 1. The van der Waals surface area contributed by atoms with Gasteiger partial charge in [0.1, 0.15) is 5.75 Å². The molecule has 5 heteroatoms. The van der Waals surface area contributed by atoms with Gasteiger partial charge < -0.3 is 15.4 Å². The monoisotopic (exact) mass is 326 g/mol. The van der Waals surface area contributed by atoms with Crippen LogP contribution in [0, 0.1) is 6.92 Å². The van der Waals surface area contributed by atoms with Crippen LogP contribution < -0.4 is 15.4 Å². The summed E-state index contributed by atoms with van der Waals surface area (Å²) in [6.45, 7) is 6.10. The van der Waals surface area contributed by atoms with E-state index in [9.17, 15) is 9.59 Å². The van der Waals surface area contributed by atoms with Crippen LogP contribution in [0.1, 0.15) is 29.8 Å². The Balaban J connectivity index is 1.94. The lowest BCUT2D eigenvalue weighted by molar-refractivity contribution is -0.122. The highest BCUT2D eigenvalue weighted by Gasteiger charge is 2.15. The normalized spacial score (nSPS) is 11.5. The highest BCUT2D eigenvalue weighted by Crippen LogP contribution is 2.15. The molecule has 2 aromatic carbocycles. The molecule has 0 saturated heterocycles. The first kappa shape index (κ1) is 17.5. The van der Waals surface area contributed by atoms with Crippen molar-refractivity contribution in [3.8, 4) is 5.75 Å². The third kappa shape index (κ3) is 4.84. The molecule has 0 bridgehead atoms. The zero-order valence-corrected chi connectivity index (χ0v) is 14.1. The van der Waals surface area contributed by atoms with Crippen LogP contribution in [0.25, 0.3) is 0 Å². The van der Waals surface area contributed by atoms with Gasteiger partial charge in [0.05, 0.1) is 0 Å². The van der Waals surface area contributed by atoms with Gasteiger partial charge >= 0.3 is 0 Å². The van der Waals surface area contributed by atoms with E-state index in [-0.39, 0.29) is 11.8 Å². The summed E-state index contributed by atoms with van der Waals surface area (Å²) in [5.74, 6) is 0.276. The summed E-state index contributed by atoms with van der Waals surface area (Å²) in [5.41, 5.74) is 2.24. The summed E-state index contributed by atoms with van der Waals surface area (Å²) < 4.78 is 5.65. The van der Waals surface area contributed by atoms with Crippen LogP contribution in [0.4, 0.5) is 5.69 Å². The molecule has 2 aromatic rings. The highest BCUT2D eigenvalue weighted by atomic mass is 16.5. The first-order valence-corrected chi connectivity index (χ1v) is 7.92. The van der Waals surface area contributed by atoms with E-state index >= 15 is 0 Å². The predicted molar refractivity (Wildman–Crippen MR) is 94.3 cm³/mol. The van der Waals surface area contributed by atoms with E-state index in [1.807, 2.05) is 38.1 Å². The molecule has 5 nitrogen and oxygen atoms in total. The molecule has 0 radical (unpaired) electrons. The second kappa shape index (κ2) is 8.15. The Labute approximate surface area is 142 Å². The van der Waals surface area contributed by atoms with E-state index in [0.29, 0.717) is 23.5 Å². The molecule has 24 heavy (non-hydrogen) atoms. The SMILES string of the molecule is CCNC(=O)c1ccc(NC(=O)C(C)Oc2cccc(C)c2)cc1. The molecular formula is C19H22N2O3. The van der Waals surface area contributed by atoms with Gasteiger partial charge in [0, 0.05) is 17.8 Å². The number of benzene rings is 2. The Kier molecular flexibility index (Phi) is 5.95. The third-order valence-electron chi connectivity index (χ3n) is 3.42. The fraction of sp³-hybridized carbons (Fsp3) is 0.263. The van der Waals surface area contributed by atoms with E-state index < -0.39 is 6.10 Å². The lowest BCUT2D eigenvalue weighted by Crippen LogP contribution is -2.30. The van der Waals surface area contributed by atoms with Crippen LogP contribution in [0.15, 0.2) is 48.5 Å². The zero-order valence-electron chi connectivity index (χ0n) is 14.1. The molecule has 0 aliphatic rings. The van der Waals surface area contributed by atoms with E-state index in [1.54, 1.807) is 31.2 Å². The van der Waals surface area contributed by atoms with Crippen LogP contribution >= 0.6 is 0 Å². The predicted octanol–water partition coefficient (Wildman–Crippen LogP) is 3.15. The Morgan fingerprint density at radius 3 is 2.46 bits per heavy atom. The van der Waals surface area contributed by atoms with E-state index in [1.165, 1.54) is 0 Å². The summed E-state index contributed by atoms with van der Waals surface area (Å²) in [6.07, 6.45) is -0.630. The largest absolute Gasteiger partial charge is 0.481 e. The molecule has 0 aromatic heterocycles. The fourth-order valence-corrected chi connectivity index (χ4v) is 2.16. The summed E-state index contributed by atoms with van der Waals surface area (Å²) in [6, 6.07) is 14.3. The molecule has 0 saturated carbocycles. The Bertz CT molecular complexity index is 711. The second-order valence-corrected chi connectivity index (χ2v) is 5.50. The topological polar surface area (TPSA) is 67.4 Å². The van der Waals surface area contributed by atoms with Gasteiger partial charge in [-0.1, -0.05) is 12.1 Å². The number of nitrogens with one attached hydrogen (secondary N) is 2. The maximum atomic E-state index is 12.2. The second-order valence-electron chi connectivity index (χ2n) is 5.50. The van der Waals surface area contributed by atoms with Gasteiger partial charge in [-0.3, -0.25) is 9.59 Å². The highest BCUT2D eigenvalue weighted by molar-refractivity contribution is 5.96. The molecular weight excluding hydrogens is 304 g/mol. The van der Waals surface area contributed by atoms with Crippen LogP contribution in [0.2, 0.25) is 0 Å². The number of rotatable bonds is 6. The molecule has 1 unspecified atom stereocenters. The molecule has 2 N–H and O–H groups in total. The van der Waals surface area contributed by atoms with Gasteiger partial charge in [0.15, 0.2) is 6.10 Å². The first-order valence-electron chi connectivity index (χ1n) is 7.92. The van der Waals surface area contributed by atoms with E-state index in [0.717, 1.165) is 5.56 Å². The van der Waals surface area contributed by atoms with Gasteiger partial charge in [-0.25, -0.2) is 0 Å². The van der Waals surface area contributed by atoms with Crippen molar-refractivity contribution in [2.24, 2.45) is 0 Å². The number of carbonyl (C=O) groups excluding carboxylic acids is 2. The number of ether oxygens (including phenoxy) is 1. The van der Waals surface area contributed by atoms with Gasteiger partial charge in [0.25, 0.3) is 11.8 Å². The van der Waals surface area contributed by atoms with Crippen molar-refractivity contribution in [3.05, 3.63) is 59.7 Å². The van der Waals surface area contributed by atoms with Crippen molar-refractivity contribution in [3.63, 3.8) is 0 Å². The molecule has 0 heterocycles. The van der Waals surface area contributed by atoms with Crippen molar-refractivity contribution in [1.82, 2.24) is 5.32 Å². The van der Waals surface area contributed by atoms with Crippen LogP contribution in [0.3, 0.4) is 0 Å². The lowest BCUT2D eigenvalue weighted by atomic mass is 10.2. The minimum absolute atomic E-state index is 0.133. The average Bonchev–Trinajstić information content (AvgIpc) is 2.55. The minimum atomic E-state index is -0.630. The molecule has 2 amide bonds. The minimum Gasteiger partial charge on any atom is -0.481 e. The number of carbonyl (C=O) groups is 2. The van der Waals surface area contributed by atoms with Crippen molar-refractivity contribution in [2.45, 2.75) is 26.9 Å². The van der Waals surface area contributed by atoms with Crippen LogP contribution in [0.5, 0.6) is 5.75 Å². The maximum absolute atomic E-state index is 12.2. The zero-order chi connectivity index (χ0) is 17.5. The third-order valence-corrected chi connectivity index (χ3v) is 3.42. The number of aryl methyl sites for hydroxylation is 1. The van der Waals surface area contributed by atoms with Gasteiger partial charge in [-0.15, -0.1) is 0 Å². The van der Waals surface area contributed by atoms with E-state index in [2.05, 4.69) is 10.6 Å². The van der Waals surface area contributed by atoms with Crippen molar-refractivity contribution < 1.29 is 14.3 Å². The Hall–Kier alpha value is -2.82. The summed E-state index contributed by atoms with van der Waals surface area (Å²) in [4.78, 5) is 23.9. The summed E-state index contributed by atoms with van der Waals surface area (Å²) >= 11 is 0. The van der Waals surface area contributed by atoms with Gasteiger partial charge in [-0.2, -0.15) is 0 Å². The van der Waals surface area contributed by atoms with Gasteiger partial charge in [-0.05, 0) is 62.7 Å². The molecule has 1 atom stereocenters. The molecule has 2 rings (SSSR count). The summed E-state index contributed by atoms with van der Waals surface area (Å²) in [7, 11) is 0. The molecule has 126 valence electrons.